The summed E-state index contributed by atoms with van der Waals surface area (Å²) in [5.41, 5.74) is 0.0813. The largest absolute Gasteiger partial charge is 0.346 e. The van der Waals surface area contributed by atoms with Crippen LogP contribution in [0, 0.1) is 11.3 Å². The monoisotopic (exact) mass is 500 g/mol. The van der Waals surface area contributed by atoms with Crippen molar-refractivity contribution in [1.82, 2.24) is 5.32 Å². The number of rotatable bonds is 9. The molecule has 0 heterocycles. The lowest BCUT2D eigenvalue weighted by molar-refractivity contribution is -0.128. The van der Waals surface area contributed by atoms with Gasteiger partial charge in [0.25, 0.3) is 0 Å². The third-order valence-corrected chi connectivity index (χ3v) is 7.81. The van der Waals surface area contributed by atoms with Crippen LogP contribution in [-0.4, -0.2) is 23.0 Å². The molecule has 0 radical (unpaired) electrons. The van der Waals surface area contributed by atoms with Crippen LogP contribution in [0.4, 0.5) is 5.69 Å². The summed E-state index contributed by atoms with van der Waals surface area (Å²) in [6.45, 7) is 7.56. The highest BCUT2D eigenvalue weighted by atomic mass is 35.5. The number of anilines is 1. The van der Waals surface area contributed by atoms with Crippen LogP contribution in [0.1, 0.15) is 79.1 Å². The fourth-order valence-electron chi connectivity index (χ4n) is 4.10. The van der Waals surface area contributed by atoms with E-state index in [0.29, 0.717) is 33.0 Å². The number of benzene rings is 1. The van der Waals surface area contributed by atoms with Crippen LogP contribution in [0.3, 0.4) is 0 Å². The average molecular weight is 502 g/mol. The van der Waals surface area contributed by atoms with Gasteiger partial charge < -0.3 is 10.6 Å². The average Bonchev–Trinajstić information content (AvgIpc) is 2.74. The Balaban J connectivity index is 2.29. The zero-order valence-electron chi connectivity index (χ0n) is 19.4. The van der Waals surface area contributed by atoms with E-state index >= 15 is 0 Å². The van der Waals surface area contributed by atoms with Crippen molar-refractivity contribution in [2.45, 2.75) is 90.0 Å². The fraction of sp³-hybridized carbons (Fsp3) is 0.625. The van der Waals surface area contributed by atoms with Crippen molar-refractivity contribution in [3.8, 4) is 0 Å². The lowest BCUT2D eigenvalue weighted by Crippen LogP contribution is -2.39. The van der Waals surface area contributed by atoms with Crippen molar-refractivity contribution in [3.05, 3.63) is 22.2 Å². The Labute approximate surface area is 205 Å². The van der Waals surface area contributed by atoms with E-state index in [-0.39, 0.29) is 16.9 Å². The molecule has 1 aromatic carbocycles. The maximum absolute atomic E-state index is 13.5. The van der Waals surface area contributed by atoms with Crippen molar-refractivity contribution in [3.63, 3.8) is 0 Å². The van der Waals surface area contributed by atoms with E-state index < -0.39 is 11.5 Å². The molecule has 5 nitrogen and oxygen atoms in total. The summed E-state index contributed by atoms with van der Waals surface area (Å²) in [6, 6.07) is 2.59. The van der Waals surface area contributed by atoms with Gasteiger partial charge in [0.15, 0.2) is 0 Å². The highest BCUT2D eigenvalue weighted by Crippen LogP contribution is 2.43. The predicted octanol–water partition coefficient (Wildman–Crippen LogP) is 6.85. The summed E-state index contributed by atoms with van der Waals surface area (Å²) >= 11 is 13.4. The zero-order chi connectivity index (χ0) is 23.9. The van der Waals surface area contributed by atoms with E-state index in [1.807, 2.05) is 6.92 Å². The first kappa shape index (κ1) is 27.0. The smallest absolute Gasteiger partial charge is 0.230 e. The third kappa shape index (κ3) is 7.39. The Morgan fingerprint density at radius 2 is 1.72 bits per heavy atom. The fourth-order valence-corrected chi connectivity index (χ4v) is 5.48. The van der Waals surface area contributed by atoms with Crippen LogP contribution in [0.2, 0.25) is 10.0 Å². The molecule has 32 heavy (non-hydrogen) atoms. The molecule has 1 aliphatic rings. The summed E-state index contributed by atoms with van der Waals surface area (Å²) in [6.07, 6.45) is 7.28. The lowest BCUT2D eigenvalue weighted by atomic mass is 9.69. The molecule has 2 N–H and O–H groups in total. The van der Waals surface area contributed by atoms with E-state index in [2.05, 4.69) is 24.5 Å². The minimum Gasteiger partial charge on any atom is -0.346 e. The summed E-state index contributed by atoms with van der Waals surface area (Å²) in [7, 11) is 0. The first-order valence-corrected chi connectivity index (χ1v) is 12.9. The first-order chi connectivity index (χ1) is 15.1. The van der Waals surface area contributed by atoms with Gasteiger partial charge in [-0.3, -0.25) is 14.4 Å². The molecule has 0 bridgehead atoms. The highest BCUT2D eigenvalue weighted by Gasteiger charge is 2.39. The van der Waals surface area contributed by atoms with E-state index in [4.69, 9.17) is 23.2 Å². The third-order valence-electron chi connectivity index (χ3n) is 6.04. The second-order valence-corrected chi connectivity index (χ2v) is 10.9. The highest BCUT2D eigenvalue weighted by molar-refractivity contribution is 8.14. The van der Waals surface area contributed by atoms with Gasteiger partial charge in [0.2, 0.25) is 16.9 Å². The Kier molecular flexibility index (Phi) is 10.4. The van der Waals surface area contributed by atoms with Gasteiger partial charge in [0, 0.05) is 17.2 Å². The van der Waals surface area contributed by atoms with Gasteiger partial charge in [-0.25, -0.2) is 0 Å². The van der Waals surface area contributed by atoms with Crippen molar-refractivity contribution in [1.29, 1.82) is 0 Å². The molecule has 178 valence electrons. The van der Waals surface area contributed by atoms with Crippen LogP contribution in [0.25, 0.3) is 0 Å². The Morgan fingerprint density at radius 1 is 1.09 bits per heavy atom. The van der Waals surface area contributed by atoms with Crippen molar-refractivity contribution >= 4 is 57.6 Å². The first-order valence-electron chi connectivity index (χ1n) is 11.4. The minimum absolute atomic E-state index is 0.0144. The van der Waals surface area contributed by atoms with E-state index in [1.54, 1.807) is 12.1 Å². The van der Waals surface area contributed by atoms with Gasteiger partial charge in [-0.2, -0.15) is 0 Å². The maximum atomic E-state index is 13.5. The van der Waals surface area contributed by atoms with Gasteiger partial charge in [0.05, 0.1) is 21.8 Å². The summed E-state index contributed by atoms with van der Waals surface area (Å²) < 4.78 is 0. The Morgan fingerprint density at radius 3 is 2.28 bits per heavy atom. The number of carbonyl (C=O) groups is 3. The second kappa shape index (κ2) is 12.3. The molecule has 1 fully saturated rings. The van der Waals surface area contributed by atoms with Crippen LogP contribution in [-0.2, 0) is 14.4 Å². The molecule has 1 atom stereocenters. The quantitative estimate of drug-likeness (QED) is 0.363. The molecule has 1 saturated carbocycles. The van der Waals surface area contributed by atoms with Gasteiger partial charge in [0.1, 0.15) is 0 Å². The number of nitrogens with one attached hydrogen (secondary N) is 2. The number of hydrogen-bond acceptors (Lipinski definition) is 4. The predicted molar refractivity (Wildman–Crippen MR) is 133 cm³/mol. The molecule has 1 aromatic rings. The molecule has 2 amide bonds. The molecule has 0 saturated heterocycles. The Bertz CT molecular complexity index is 839. The zero-order valence-corrected chi connectivity index (χ0v) is 21.7. The van der Waals surface area contributed by atoms with Crippen LogP contribution in [0.15, 0.2) is 17.0 Å². The summed E-state index contributed by atoms with van der Waals surface area (Å²) in [5.74, 6) is 0.243. The van der Waals surface area contributed by atoms with Crippen LogP contribution in [0.5, 0.6) is 0 Å². The summed E-state index contributed by atoms with van der Waals surface area (Å²) in [5, 5.41) is 6.14. The topological polar surface area (TPSA) is 75.3 Å². The molecule has 8 heteroatoms. The van der Waals surface area contributed by atoms with Crippen molar-refractivity contribution < 1.29 is 14.4 Å². The van der Waals surface area contributed by atoms with Crippen molar-refractivity contribution in [2.24, 2.45) is 11.3 Å². The SMILES string of the molecule is CCC(NC(C)=O)C(=O)Sc1cc(Cl)c(Cl)cc1NC(=O)C1(CCC(C)C)CCCCC1. The van der Waals surface area contributed by atoms with Gasteiger partial charge >= 0.3 is 0 Å². The normalized spacial score (nSPS) is 16.5. The Hall–Kier alpha value is -1.24. The molecule has 0 aromatic heterocycles. The van der Waals surface area contributed by atoms with Crippen LogP contribution < -0.4 is 10.6 Å². The van der Waals surface area contributed by atoms with Gasteiger partial charge in [-0.15, -0.1) is 0 Å². The number of thioether (sulfide) groups is 1. The van der Waals surface area contributed by atoms with E-state index in [1.165, 1.54) is 6.92 Å². The van der Waals surface area contributed by atoms with E-state index in [9.17, 15) is 14.4 Å². The maximum Gasteiger partial charge on any atom is 0.230 e. The molecule has 0 aliphatic heterocycles. The minimum atomic E-state index is -0.619. The molecular formula is C24H34Cl2N2O3S. The molecule has 2 rings (SSSR count). The van der Waals surface area contributed by atoms with Crippen molar-refractivity contribution in [2.75, 3.05) is 5.32 Å². The summed E-state index contributed by atoms with van der Waals surface area (Å²) in [4.78, 5) is 38.3. The molecular weight excluding hydrogens is 467 g/mol. The number of halogens is 2. The molecule has 1 aliphatic carbocycles. The molecule has 0 spiro atoms. The standard InChI is InChI=1S/C24H34Cl2N2O3S/c1-5-19(27-16(4)29)22(30)32-21-14-18(26)17(25)13-20(21)28-23(31)24(12-9-15(2)3)10-7-6-8-11-24/h13-15,19H,5-12H2,1-4H3,(H,27,29)(H,28,31). The van der Waals surface area contributed by atoms with E-state index in [0.717, 1.165) is 56.7 Å². The molecule has 1 unspecified atom stereocenters. The lowest BCUT2D eigenvalue weighted by Gasteiger charge is -2.36. The number of hydrogen-bond donors (Lipinski definition) is 2. The number of amides is 2. The number of carbonyl (C=O) groups excluding carboxylic acids is 3. The second-order valence-electron chi connectivity index (χ2n) is 9.07. The van der Waals surface area contributed by atoms with Gasteiger partial charge in [-0.1, -0.05) is 63.2 Å². The van der Waals surface area contributed by atoms with Crippen LogP contribution >= 0.6 is 35.0 Å². The van der Waals surface area contributed by atoms with Gasteiger partial charge in [-0.05, 0) is 61.9 Å².